The van der Waals surface area contributed by atoms with Gasteiger partial charge in [0.1, 0.15) is 0 Å². The Balaban J connectivity index is 0. The normalized spacial score (nSPS) is 7.85. The van der Waals surface area contributed by atoms with E-state index in [2.05, 4.69) is 5.10 Å². The van der Waals surface area contributed by atoms with E-state index in [4.69, 9.17) is 5.11 Å². The van der Waals surface area contributed by atoms with Gasteiger partial charge in [-0.2, -0.15) is 5.10 Å². The van der Waals surface area contributed by atoms with Crippen molar-refractivity contribution in [2.24, 2.45) is 0 Å². The van der Waals surface area contributed by atoms with Gasteiger partial charge in [0, 0.05) is 6.20 Å². The van der Waals surface area contributed by atoms with Crippen molar-refractivity contribution in [1.82, 2.24) is 9.78 Å². The van der Waals surface area contributed by atoms with Crippen molar-refractivity contribution in [2.75, 3.05) is 6.61 Å². The number of aryl methyl sites for hydroxylation is 1. The van der Waals surface area contributed by atoms with E-state index in [1.54, 1.807) is 10.9 Å². The highest BCUT2D eigenvalue weighted by Gasteiger charge is 1.89. The van der Waals surface area contributed by atoms with E-state index < -0.39 is 0 Å². The molecular formula is C10H22N2O. The molecule has 0 saturated carbocycles. The van der Waals surface area contributed by atoms with E-state index in [0.29, 0.717) is 6.54 Å². The molecule has 1 N–H and O–H groups in total. The molecule has 0 saturated heterocycles. The van der Waals surface area contributed by atoms with Crippen LogP contribution in [0, 0.1) is 6.92 Å². The molecule has 0 aliphatic rings. The average molecular weight is 186 g/mol. The summed E-state index contributed by atoms with van der Waals surface area (Å²) >= 11 is 0. The van der Waals surface area contributed by atoms with Crippen LogP contribution in [0.4, 0.5) is 0 Å². The van der Waals surface area contributed by atoms with Crippen molar-refractivity contribution < 1.29 is 5.11 Å². The Kier molecular flexibility index (Phi) is 12.6. The summed E-state index contributed by atoms with van der Waals surface area (Å²) in [5, 5.41) is 12.4. The molecule has 0 aliphatic carbocycles. The zero-order chi connectivity index (χ0) is 10.7. The summed E-state index contributed by atoms with van der Waals surface area (Å²) in [5.41, 5.74) is 1.13. The average Bonchev–Trinajstić information content (AvgIpc) is 2.59. The predicted molar refractivity (Wildman–Crippen MR) is 56.7 cm³/mol. The van der Waals surface area contributed by atoms with Crippen LogP contribution in [0.15, 0.2) is 12.4 Å². The maximum atomic E-state index is 8.47. The fourth-order valence-corrected chi connectivity index (χ4v) is 0.692. The molecule has 3 heteroatoms. The molecule has 1 heterocycles. The molecule has 78 valence electrons. The number of rotatable bonds is 2. The minimum Gasteiger partial charge on any atom is -0.394 e. The number of aliphatic hydroxyl groups excluding tert-OH is 1. The summed E-state index contributed by atoms with van der Waals surface area (Å²) in [6, 6.07) is 0. The molecule has 0 unspecified atom stereocenters. The van der Waals surface area contributed by atoms with Crippen LogP contribution in [0.2, 0.25) is 0 Å². The lowest BCUT2D eigenvalue weighted by Crippen LogP contribution is -2.01. The Hall–Kier alpha value is -0.830. The molecule has 0 amide bonds. The molecule has 13 heavy (non-hydrogen) atoms. The highest BCUT2D eigenvalue weighted by atomic mass is 16.3. The van der Waals surface area contributed by atoms with Crippen molar-refractivity contribution in [3.63, 3.8) is 0 Å². The lowest BCUT2D eigenvalue weighted by Gasteiger charge is -1.92. The summed E-state index contributed by atoms with van der Waals surface area (Å²) in [5.74, 6) is 0. The van der Waals surface area contributed by atoms with E-state index in [1.807, 2.05) is 40.8 Å². The maximum Gasteiger partial charge on any atom is 0.0640 e. The van der Waals surface area contributed by atoms with Crippen molar-refractivity contribution >= 4 is 0 Å². The summed E-state index contributed by atoms with van der Waals surface area (Å²) in [6.07, 6.45) is 3.67. The largest absolute Gasteiger partial charge is 0.394 e. The van der Waals surface area contributed by atoms with E-state index in [0.717, 1.165) is 5.56 Å². The Morgan fingerprint density at radius 3 is 2.15 bits per heavy atom. The number of nitrogens with zero attached hydrogens (tertiary/aromatic N) is 2. The van der Waals surface area contributed by atoms with Gasteiger partial charge in [-0.3, -0.25) is 4.68 Å². The first-order valence-electron chi connectivity index (χ1n) is 4.93. The van der Waals surface area contributed by atoms with Crippen LogP contribution < -0.4 is 0 Å². The third kappa shape index (κ3) is 7.53. The fraction of sp³-hybridized carbons (Fsp3) is 0.700. The van der Waals surface area contributed by atoms with Crippen molar-refractivity contribution in [3.8, 4) is 0 Å². The van der Waals surface area contributed by atoms with Gasteiger partial charge in [-0.15, -0.1) is 0 Å². The van der Waals surface area contributed by atoms with Gasteiger partial charge in [-0.1, -0.05) is 27.7 Å². The maximum absolute atomic E-state index is 8.47. The molecule has 0 spiro atoms. The van der Waals surface area contributed by atoms with Crippen molar-refractivity contribution in [3.05, 3.63) is 18.0 Å². The van der Waals surface area contributed by atoms with Crippen LogP contribution in [0.3, 0.4) is 0 Å². The SMILES string of the molecule is CC.CC.Cc1cnn(CCO)c1. The van der Waals surface area contributed by atoms with Crippen LogP contribution in [-0.2, 0) is 6.54 Å². The third-order valence-electron chi connectivity index (χ3n) is 1.09. The van der Waals surface area contributed by atoms with Gasteiger partial charge < -0.3 is 5.11 Å². The van der Waals surface area contributed by atoms with E-state index >= 15 is 0 Å². The second-order valence-electron chi connectivity index (χ2n) is 2.00. The molecule has 0 bridgehead atoms. The second kappa shape index (κ2) is 11.2. The van der Waals surface area contributed by atoms with E-state index in [-0.39, 0.29) is 6.61 Å². The highest BCUT2D eigenvalue weighted by Crippen LogP contribution is 1.92. The quantitative estimate of drug-likeness (QED) is 0.769. The molecule has 0 fully saturated rings. The van der Waals surface area contributed by atoms with Crippen molar-refractivity contribution in [1.29, 1.82) is 0 Å². The topological polar surface area (TPSA) is 38.0 Å². The summed E-state index contributed by atoms with van der Waals surface area (Å²) in [7, 11) is 0. The van der Waals surface area contributed by atoms with Gasteiger partial charge in [-0.05, 0) is 12.5 Å². The van der Waals surface area contributed by atoms with Gasteiger partial charge in [0.15, 0.2) is 0 Å². The monoisotopic (exact) mass is 186 g/mol. The fourth-order valence-electron chi connectivity index (χ4n) is 0.692. The molecule has 0 radical (unpaired) electrons. The molecule has 1 aromatic heterocycles. The molecule has 3 nitrogen and oxygen atoms in total. The first-order valence-corrected chi connectivity index (χ1v) is 4.93. The van der Waals surface area contributed by atoms with Gasteiger partial charge >= 0.3 is 0 Å². The van der Waals surface area contributed by atoms with Gasteiger partial charge in [0.2, 0.25) is 0 Å². The standard InChI is InChI=1S/C6H10N2O.2C2H6/c1-6-4-7-8(5-6)2-3-9;2*1-2/h4-5,9H,2-3H2,1H3;2*1-2H3. The first-order chi connectivity index (χ1) is 6.33. The van der Waals surface area contributed by atoms with E-state index in [9.17, 15) is 0 Å². The minimum absolute atomic E-state index is 0.154. The Labute approximate surface area is 81.4 Å². The smallest absolute Gasteiger partial charge is 0.0640 e. The molecule has 1 aromatic rings. The number of hydrogen-bond acceptors (Lipinski definition) is 2. The highest BCUT2D eigenvalue weighted by molar-refractivity contribution is 4.99. The van der Waals surface area contributed by atoms with Crippen LogP contribution in [0.1, 0.15) is 33.3 Å². The van der Waals surface area contributed by atoms with Crippen LogP contribution in [0.5, 0.6) is 0 Å². The Bertz CT molecular complexity index is 185. The number of aliphatic hydroxyl groups is 1. The summed E-state index contributed by atoms with van der Waals surface area (Å²) in [4.78, 5) is 0. The molecule has 0 aliphatic heterocycles. The van der Waals surface area contributed by atoms with E-state index in [1.165, 1.54) is 0 Å². The summed E-state index contributed by atoms with van der Waals surface area (Å²) in [6.45, 7) is 10.7. The Morgan fingerprint density at radius 2 is 1.85 bits per heavy atom. The third-order valence-corrected chi connectivity index (χ3v) is 1.09. The van der Waals surface area contributed by atoms with Crippen LogP contribution in [0.25, 0.3) is 0 Å². The molecule has 0 aromatic carbocycles. The Morgan fingerprint density at radius 1 is 1.31 bits per heavy atom. The van der Waals surface area contributed by atoms with Crippen molar-refractivity contribution in [2.45, 2.75) is 41.2 Å². The van der Waals surface area contributed by atoms with Gasteiger partial charge in [0.05, 0.1) is 19.3 Å². The van der Waals surface area contributed by atoms with Crippen LogP contribution in [-0.4, -0.2) is 21.5 Å². The predicted octanol–water partition coefficient (Wildman–Crippen LogP) is 2.24. The lowest BCUT2D eigenvalue weighted by molar-refractivity contribution is 0.269. The zero-order valence-corrected chi connectivity index (χ0v) is 9.41. The van der Waals surface area contributed by atoms with Crippen LogP contribution >= 0.6 is 0 Å². The lowest BCUT2D eigenvalue weighted by atomic mass is 10.4. The molecule has 1 rings (SSSR count). The number of aromatic nitrogens is 2. The summed E-state index contributed by atoms with van der Waals surface area (Å²) < 4.78 is 1.72. The number of hydrogen-bond donors (Lipinski definition) is 1. The van der Waals surface area contributed by atoms with Gasteiger partial charge in [-0.25, -0.2) is 0 Å². The zero-order valence-electron chi connectivity index (χ0n) is 9.41. The first kappa shape index (κ1) is 14.7. The van der Waals surface area contributed by atoms with Gasteiger partial charge in [0.25, 0.3) is 0 Å². The molecular weight excluding hydrogens is 164 g/mol. The minimum atomic E-state index is 0.154. The second-order valence-corrected chi connectivity index (χ2v) is 2.00. The molecule has 0 atom stereocenters.